The zero-order valence-electron chi connectivity index (χ0n) is 16.1. The van der Waals surface area contributed by atoms with E-state index in [4.69, 9.17) is 4.74 Å². The number of nitrogens with one attached hydrogen (secondary N) is 1. The molecule has 0 aliphatic heterocycles. The van der Waals surface area contributed by atoms with Gasteiger partial charge < -0.3 is 10.1 Å². The lowest BCUT2D eigenvalue weighted by Crippen LogP contribution is -2.18. The molecular formula is C22H29NO2. The summed E-state index contributed by atoms with van der Waals surface area (Å²) in [6.45, 7) is 10.7. The molecule has 2 aromatic carbocycles. The molecular weight excluding hydrogens is 310 g/mol. The number of benzene rings is 2. The van der Waals surface area contributed by atoms with Crippen LogP contribution in [0.1, 0.15) is 61.8 Å². The Kier molecular flexibility index (Phi) is 6.24. The van der Waals surface area contributed by atoms with E-state index in [2.05, 4.69) is 51.2 Å². The van der Waals surface area contributed by atoms with Crippen molar-refractivity contribution in [1.82, 2.24) is 0 Å². The van der Waals surface area contributed by atoms with Crippen LogP contribution in [-0.2, 0) is 11.2 Å². The molecule has 1 amide bonds. The molecule has 0 bridgehead atoms. The molecule has 3 heteroatoms. The number of ether oxygens (including phenoxy) is 1. The van der Waals surface area contributed by atoms with Gasteiger partial charge in [-0.3, -0.25) is 4.79 Å². The van der Waals surface area contributed by atoms with E-state index in [1.54, 1.807) is 7.11 Å². The van der Waals surface area contributed by atoms with Crippen molar-refractivity contribution in [2.75, 3.05) is 12.4 Å². The topological polar surface area (TPSA) is 38.3 Å². The highest BCUT2D eigenvalue weighted by Gasteiger charge is 2.17. The van der Waals surface area contributed by atoms with Gasteiger partial charge in [0.1, 0.15) is 5.75 Å². The fourth-order valence-electron chi connectivity index (χ4n) is 3.17. The Morgan fingerprint density at radius 1 is 1.04 bits per heavy atom. The second-order valence-electron chi connectivity index (χ2n) is 7.15. The zero-order valence-corrected chi connectivity index (χ0v) is 16.1. The minimum Gasteiger partial charge on any atom is -0.495 e. The molecule has 134 valence electrons. The van der Waals surface area contributed by atoms with Crippen molar-refractivity contribution >= 4 is 11.6 Å². The average molecular weight is 339 g/mol. The molecule has 0 unspecified atom stereocenters. The van der Waals surface area contributed by atoms with Crippen LogP contribution in [0, 0.1) is 6.92 Å². The van der Waals surface area contributed by atoms with E-state index in [0.29, 0.717) is 29.7 Å². The van der Waals surface area contributed by atoms with Crippen LogP contribution in [0.4, 0.5) is 5.69 Å². The van der Waals surface area contributed by atoms with E-state index in [9.17, 15) is 4.79 Å². The lowest BCUT2D eigenvalue weighted by atomic mass is 9.87. The molecule has 0 saturated heterocycles. The quantitative estimate of drug-likeness (QED) is 0.762. The first kappa shape index (κ1) is 19.0. The van der Waals surface area contributed by atoms with Crippen LogP contribution < -0.4 is 10.1 Å². The predicted octanol–water partition coefficient (Wildman–Crippen LogP) is 5.43. The third-order valence-electron chi connectivity index (χ3n) is 4.46. The molecule has 0 aliphatic carbocycles. The van der Waals surface area contributed by atoms with Gasteiger partial charge in [0.2, 0.25) is 5.91 Å². The summed E-state index contributed by atoms with van der Waals surface area (Å²) in [6, 6.07) is 12.1. The van der Waals surface area contributed by atoms with E-state index in [1.165, 1.54) is 11.1 Å². The molecule has 0 fully saturated rings. The number of carbonyl (C=O) groups excluding carboxylic acids is 1. The molecule has 0 aromatic heterocycles. The standard InChI is InChI=1S/C22H29NO2/c1-14(2)17-8-7-9-18(15(3)4)19(17)13-22(24)23-20-11-10-16(5)12-21(20)25-6/h7-12,14-15H,13H2,1-6H3,(H,23,24). The van der Waals surface area contributed by atoms with Gasteiger partial charge in [-0.05, 0) is 53.1 Å². The average Bonchev–Trinajstić information content (AvgIpc) is 2.56. The van der Waals surface area contributed by atoms with Gasteiger partial charge in [-0.15, -0.1) is 0 Å². The normalized spacial score (nSPS) is 11.0. The van der Waals surface area contributed by atoms with E-state index >= 15 is 0 Å². The molecule has 0 aliphatic rings. The molecule has 0 atom stereocenters. The number of methoxy groups -OCH3 is 1. The van der Waals surface area contributed by atoms with Crippen LogP contribution >= 0.6 is 0 Å². The maximum atomic E-state index is 12.7. The second-order valence-corrected chi connectivity index (χ2v) is 7.15. The molecule has 0 spiro atoms. The minimum atomic E-state index is -0.0165. The molecule has 1 N–H and O–H groups in total. The van der Waals surface area contributed by atoms with Crippen LogP contribution in [0.3, 0.4) is 0 Å². The maximum absolute atomic E-state index is 12.7. The zero-order chi connectivity index (χ0) is 18.6. The van der Waals surface area contributed by atoms with Crippen molar-refractivity contribution in [1.29, 1.82) is 0 Å². The highest BCUT2D eigenvalue weighted by Crippen LogP contribution is 2.29. The Morgan fingerprint density at radius 3 is 2.16 bits per heavy atom. The SMILES string of the molecule is COc1cc(C)ccc1NC(=O)Cc1c(C(C)C)cccc1C(C)C. The summed E-state index contributed by atoms with van der Waals surface area (Å²) in [7, 11) is 1.62. The van der Waals surface area contributed by atoms with Gasteiger partial charge in [0, 0.05) is 0 Å². The molecule has 25 heavy (non-hydrogen) atoms. The van der Waals surface area contributed by atoms with Gasteiger partial charge in [0.05, 0.1) is 19.2 Å². The molecule has 0 radical (unpaired) electrons. The summed E-state index contributed by atoms with van der Waals surface area (Å²) >= 11 is 0. The van der Waals surface area contributed by atoms with Crippen LogP contribution in [0.25, 0.3) is 0 Å². The van der Waals surface area contributed by atoms with E-state index in [1.807, 2.05) is 25.1 Å². The number of rotatable bonds is 6. The fraction of sp³-hybridized carbons (Fsp3) is 0.409. The van der Waals surface area contributed by atoms with Crippen LogP contribution in [0.5, 0.6) is 5.75 Å². The minimum absolute atomic E-state index is 0.0165. The van der Waals surface area contributed by atoms with Gasteiger partial charge in [-0.1, -0.05) is 52.0 Å². The van der Waals surface area contributed by atoms with Crippen LogP contribution in [0.2, 0.25) is 0 Å². The Morgan fingerprint density at radius 2 is 1.64 bits per heavy atom. The van der Waals surface area contributed by atoms with Crippen molar-refractivity contribution in [3.05, 3.63) is 58.7 Å². The van der Waals surface area contributed by atoms with E-state index in [0.717, 1.165) is 11.1 Å². The smallest absolute Gasteiger partial charge is 0.228 e. The lowest BCUT2D eigenvalue weighted by molar-refractivity contribution is -0.115. The first-order chi connectivity index (χ1) is 11.8. The number of hydrogen-bond donors (Lipinski definition) is 1. The second kappa shape index (κ2) is 8.19. The third kappa shape index (κ3) is 4.62. The Bertz CT molecular complexity index is 721. The largest absolute Gasteiger partial charge is 0.495 e. The van der Waals surface area contributed by atoms with E-state index in [-0.39, 0.29) is 5.91 Å². The van der Waals surface area contributed by atoms with Crippen LogP contribution in [0.15, 0.2) is 36.4 Å². The summed E-state index contributed by atoms with van der Waals surface area (Å²) in [5.41, 5.74) is 5.46. The van der Waals surface area contributed by atoms with Crippen molar-refractivity contribution in [2.24, 2.45) is 0 Å². The Hall–Kier alpha value is -2.29. The number of aryl methyl sites for hydroxylation is 1. The van der Waals surface area contributed by atoms with Crippen molar-refractivity contribution in [3.63, 3.8) is 0 Å². The highest BCUT2D eigenvalue weighted by atomic mass is 16.5. The summed E-state index contributed by atoms with van der Waals surface area (Å²) in [5.74, 6) is 1.44. The van der Waals surface area contributed by atoms with Crippen LogP contribution in [-0.4, -0.2) is 13.0 Å². The summed E-state index contributed by atoms with van der Waals surface area (Å²) in [4.78, 5) is 12.7. The van der Waals surface area contributed by atoms with E-state index < -0.39 is 0 Å². The molecule has 3 nitrogen and oxygen atoms in total. The summed E-state index contributed by atoms with van der Waals surface area (Å²) in [5, 5.41) is 3.01. The maximum Gasteiger partial charge on any atom is 0.228 e. The third-order valence-corrected chi connectivity index (χ3v) is 4.46. The van der Waals surface area contributed by atoms with Gasteiger partial charge in [-0.2, -0.15) is 0 Å². The highest BCUT2D eigenvalue weighted by molar-refractivity contribution is 5.94. The predicted molar refractivity (Wildman–Crippen MR) is 105 cm³/mol. The van der Waals surface area contributed by atoms with Gasteiger partial charge in [0.25, 0.3) is 0 Å². The lowest BCUT2D eigenvalue weighted by Gasteiger charge is -2.19. The Balaban J connectivity index is 2.29. The Labute approximate surface area is 151 Å². The molecule has 0 heterocycles. The number of carbonyl (C=O) groups is 1. The van der Waals surface area contributed by atoms with Crippen molar-refractivity contribution in [2.45, 2.75) is 52.9 Å². The van der Waals surface area contributed by atoms with Crippen molar-refractivity contribution < 1.29 is 9.53 Å². The summed E-state index contributed by atoms with van der Waals surface area (Å²) < 4.78 is 5.39. The molecule has 0 saturated carbocycles. The van der Waals surface area contributed by atoms with Crippen molar-refractivity contribution in [3.8, 4) is 5.75 Å². The van der Waals surface area contributed by atoms with Gasteiger partial charge >= 0.3 is 0 Å². The molecule has 2 aromatic rings. The first-order valence-electron chi connectivity index (χ1n) is 8.89. The van der Waals surface area contributed by atoms with Gasteiger partial charge in [0.15, 0.2) is 0 Å². The fourth-order valence-corrected chi connectivity index (χ4v) is 3.17. The summed E-state index contributed by atoms with van der Waals surface area (Å²) in [6.07, 6.45) is 0.374. The number of hydrogen-bond acceptors (Lipinski definition) is 2. The number of amides is 1. The van der Waals surface area contributed by atoms with Gasteiger partial charge in [-0.25, -0.2) is 0 Å². The first-order valence-corrected chi connectivity index (χ1v) is 8.89. The molecule has 2 rings (SSSR count). The number of anilines is 1. The monoisotopic (exact) mass is 339 g/mol.